The lowest BCUT2D eigenvalue weighted by molar-refractivity contribution is 0.316. The molecule has 1 aliphatic rings. The molecule has 1 N–H and O–H groups in total. The summed E-state index contributed by atoms with van der Waals surface area (Å²) in [7, 11) is -3.51. The van der Waals surface area contributed by atoms with Gasteiger partial charge in [0.25, 0.3) is 0 Å². The van der Waals surface area contributed by atoms with Crippen molar-refractivity contribution in [2.45, 2.75) is 24.2 Å². The van der Waals surface area contributed by atoms with E-state index in [4.69, 9.17) is 11.6 Å². The highest BCUT2D eigenvalue weighted by molar-refractivity contribution is 7.89. The molecule has 0 aromatic carbocycles. The first kappa shape index (κ1) is 11.8. The molecule has 1 aromatic heterocycles. The van der Waals surface area contributed by atoms with Crippen molar-refractivity contribution in [2.24, 2.45) is 5.92 Å². The van der Waals surface area contributed by atoms with Crippen molar-refractivity contribution in [3.63, 3.8) is 0 Å². The second kappa shape index (κ2) is 4.69. The monoisotopic (exact) mass is 260 g/mol. The summed E-state index contributed by atoms with van der Waals surface area (Å²) >= 11 is 5.74. The summed E-state index contributed by atoms with van der Waals surface area (Å²) in [5.41, 5.74) is 0. The van der Waals surface area contributed by atoms with Crippen LogP contribution in [0.25, 0.3) is 0 Å². The number of nitrogens with zero attached hydrogens (tertiary/aromatic N) is 1. The third kappa shape index (κ3) is 2.53. The fourth-order valence-electron chi connectivity index (χ4n) is 1.57. The number of pyridine rings is 1. The summed E-state index contributed by atoms with van der Waals surface area (Å²) < 4.78 is 26.3. The molecule has 0 spiro atoms. The highest BCUT2D eigenvalue weighted by atomic mass is 35.5. The minimum atomic E-state index is -3.51. The Morgan fingerprint density at radius 3 is 2.81 bits per heavy atom. The third-order valence-electron chi connectivity index (χ3n) is 2.80. The zero-order valence-corrected chi connectivity index (χ0v) is 10.3. The highest BCUT2D eigenvalue weighted by Crippen LogP contribution is 2.26. The first-order chi connectivity index (χ1) is 7.59. The molecule has 1 heterocycles. The quantitative estimate of drug-likeness (QED) is 0.840. The van der Waals surface area contributed by atoms with Gasteiger partial charge >= 0.3 is 0 Å². The van der Waals surface area contributed by atoms with Gasteiger partial charge in [0, 0.05) is 12.7 Å². The zero-order valence-electron chi connectivity index (χ0n) is 8.69. The Hall–Kier alpha value is -0.650. The fraction of sp³-hybridized carbons (Fsp3) is 0.500. The molecule has 1 aromatic rings. The molecule has 16 heavy (non-hydrogen) atoms. The third-order valence-corrected chi connectivity index (χ3v) is 4.67. The molecule has 2 rings (SSSR count). The topological polar surface area (TPSA) is 59.1 Å². The van der Waals surface area contributed by atoms with Crippen molar-refractivity contribution < 1.29 is 8.42 Å². The SMILES string of the molecule is O=S(=O)(NCC1CCC1)c1cccnc1Cl. The number of aromatic nitrogens is 1. The van der Waals surface area contributed by atoms with Gasteiger partial charge in [0.2, 0.25) is 10.0 Å². The van der Waals surface area contributed by atoms with Crippen LogP contribution in [0.4, 0.5) is 0 Å². The molecule has 1 aliphatic carbocycles. The molecular formula is C10H13ClN2O2S. The van der Waals surface area contributed by atoms with E-state index in [0.717, 1.165) is 12.8 Å². The van der Waals surface area contributed by atoms with E-state index in [-0.39, 0.29) is 10.0 Å². The van der Waals surface area contributed by atoms with Gasteiger partial charge in [-0.25, -0.2) is 18.1 Å². The van der Waals surface area contributed by atoms with Gasteiger partial charge in [-0.3, -0.25) is 0 Å². The van der Waals surface area contributed by atoms with Crippen molar-refractivity contribution in [3.05, 3.63) is 23.5 Å². The average molecular weight is 261 g/mol. The molecule has 0 atom stereocenters. The van der Waals surface area contributed by atoms with Gasteiger partial charge in [0.15, 0.2) is 0 Å². The molecule has 0 unspecified atom stereocenters. The van der Waals surface area contributed by atoms with E-state index in [0.29, 0.717) is 12.5 Å². The van der Waals surface area contributed by atoms with Crippen molar-refractivity contribution in [2.75, 3.05) is 6.54 Å². The number of hydrogen-bond acceptors (Lipinski definition) is 3. The Morgan fingerprint density at radius 1 is 1.50 bits per heavy atom. The Labute approximate surface area is 100 Å². The van der Waals surface area contributed by atoms with E-state index in [1.807, 2.05) is 0 Å². The van der Waals surface area contributed by atoms with E-state index >= 15 is 0 Å². The molecule has 1 saturated carbocycles. The smallest absolute Gasteiger partial charge is 0.243 e. The van der Waals surface area contributed by atoms with Crippen molar-refractivity contribution in [1.82, 2.24) is 9.71 Å². The van der Waals surface area contributed by atoms with Crippen LogP contribution in [0.15, 0.2) is 23.2 Å². The van der Waals surface area contributed by atoms with Crippen molar-refractivity contribution in [1.29, 1.82) is 0 Å². The van der Waals surface area contributed by atoms with Gasteiger partial charge in [0.05, 0.1) is 0 Å². The van der Waals surface area contributed by atoms with E-state index in [1.54, 1.807) is 6.07 Å². The average Bonchev–Trinajstić information content (AvgIpc) is 2.15. The molecule has 0 amide bonds. The standard InChI is InChI=1S/C10H13ClN2O2S/c11-10-9(5-2-6-12-10)16(14,15)13-7-8-3-1-4-8/h2,5-6,8,13H,1,3-4,7H2. The Kier molecular flexibility index (Phi) is 3.47. The summed E-state index contributed by atoms with van der Waals surface area (Å²) in [5.74, 6) is 0.477. The van der Waals surface area contributed by atoms with Gasteiger partial charge in [-0.05, 0) is 30.9 Å². The van der Waals surface area contributed by atoms with Crippen LogP contribution < -0.4 is 4.72 Å². The first-order valence-electron chi connectivity index (χ1n) is 5.20. The maximum Gasteiger partial charge on any atom is 0.243 e. The fourth-order valence-corrected chi connectivity index (χ4v) is 3.14. The van der Waals surface area contributed by atoms with Crippen molar-refractivity contribution >= 4 is 21.6 Å². The van der Waals surface area contributed by atoms with Crippen LogP contribution in [0.1, 0.15) is 19.3 Å². The van der Waals surface area contributed by atoms with Gasteiger partial charge in [-0.15, -0.1) is 0 Å². The predicted molar refractivity (Wildman–Crippen MR) is 61.8 cm³/mol. The summed E-state index contributed by atoms with van der Waals surface area (Å²) in [5, 5.41) is 0.0172. The lowest BCUT2D eigenvalue weighted by Crippen LogP contribution is -2.32. The number of halogens is 1. The largest absolute Gasteiger partial charge is 0.243 e. The summed E-state index contributed by atoms with van der Waals surface area (Å²) in [4.78, 5) is 3.80. The van der Waals surface area contributed by atoms with E-state index < -0.39 is 10.0 Å². The maximum absolute atomic E-state index is 11.9. The molecule has 0 saturated heterocycles. The summed E-state index contributed by atoms with van der Waals surface area (Å²) in [6, 6.07) is 3.02. The van der Waals surface area contributed by atoms with Gasteiger partial charge in [0.1, 0.15) is 10.0 Å². The molecule has 88 valence electrons. The lowest BCUT2D eigenvalue weighted by Gasteiger charge is -2.25. The Bertz CT molecular complexity index is 471. The Balaban J connectivity index is 2.09. The van der Waals surface area contributed by atoms with Crippen LogP contribution in [0.5, 0.6) is 0 Å². The first-order valence-corrected chi connectivity index (χ1v) is 7.06. The zero-order chi connectivity index (χ0) is 11.6. The van der Waals surface area contributed by atoms with Gasteiger partial charge in [-0.2, -0.15) is 0 Å². The summed E-state index contributed by atoms with van der Waals surface area (Å²) in [6.45, 7) is 0.494. The molecule has 0 bridgehead atoms. The number of hydrogen-bond donors (Lipinski definition) is 1. The van der Waals surface area contributed by atoms with Crippen molar-refractivity contribution in [3.8, 4) is 0 Å². The minimum absolute atomic E-state index is 0.0172. The van der Waals surface area contributed by atoms with Crippen LogP contribution in [0.3, 0.4) is 0 Å². The van der Waals surface area contributed by atoms with Crippen LogP contribution in [-0.2, 0) is 10.0 Å². The molecule has 6 heteroatoms. The normalized spacial score (nSPS) is 17.1. The van der Waals surface area contributed by atoms with Crippen LogP contribution in [0.2, 0.25) is 5.15 Å². The van der Waals surface area contributed by atoms with Crippen LogP contribution >= 0.6 is 11.6 Å². The molecule has 0 aliphatic heterocycles. The molecule has 4 nitrogen and oxygen atoms in total. The number of nitrogens with one attached hydrogen (secondary N) is 1. The van der Waals surface area contributed by atoms with E-state index in [2.05, 4.69) is 9.71 Å². The summed E-state index contributed by atoms with van der Waals surface area (Å²) in [6.07, 6.45) is 4.86. The molecule has 0 radical (unpaired) electrons. The maximum atomic E-state index is 11.9. The van der Waals surface area contributed by atoms with E-state index in [9.17, 15) is 8.42 Å². The number of sulfonamides is 1. The van der Waals surface area contributed by atoms with Crippen LogP contribution in [-0.4, -0.2) is 19.9 Å². The second-order valence-corrected chi connectivity index (χ2v) is 6.03. The van der Waals surface area contributed by atoms with E-state index in [1.165, 1.54) is 18.7 Å². The minimum Gasteiger partial charge on any atom is -0.243 e. The second-order valence-electron chi connectivity index (χ2n) is 3.94. The molecule has 1 fully saturated rings. The van der Waals surface area contributed by atoms with Gasteiger partial charge < -0.3 is 0 Å². The highest BCUT2D eigenvalue weighted by Gasteiger charge is 2.22. The molecular weight excluding hydrogens is 248 g/mol. The Morgan fingerprint density at radius 2 is 2.25 bits per heavy atom. The van der Waals surface area contributed by atoms with Gasteiger partial charge in [-0.1, -0.05) is 18.0 Å². The number of rotatable bonds is 4. The lowest BCUT2D eigenvalue weighted by atomic mass is 9.86. The predicted octanol–water partition coefficient (Wildman–Crippen LogP) is 1.81. The van der Waals surface area contributed by atoms with Crippen LogP contribution in [0, 0.1) is 5.92 Å².